The second kappa shape index (κ2) is 9.62. The molecule has 1 aliphatic carbocycles. The van der Waals surface area contributed by atoms with Crippen LogP contribution in [-0.4, -0.2) is 43.3 Å². The highest BCUT2D eigenvalue weighted by molar-refractivity contribution is 5.87. The molecule has 0 radical (unpaired) electrons. The fourth-order valence-corrected chi connectivity index (χ4v) is 4.24. The molecule has 0 aliphatic heterocycles. The van der Waals surface area contributed by atoms with Gasteiger partial charge >= 0.3 is 12.1 Å². The first-order chi connectivity index (χ1) is 14.7. The Morgan fingerprint density at radius 2 is 1.90 bits per heavy atom. The van der Waals surface area contributed by atoms with E-state index in [1.165, 1.54) is 0 Å². The van der Waals surface area contributed by atoms with E-state index in [9.17, 15) is 22.8 Å². The molecule has 0 unspecified atom stereocenters. The van der Waals surface area contributed by atoms with E-state index in [0.29, 0.717) is 32.2 Å². The highest BCUT2D eigenvalue weighted by Gasteiger charge is 2.38. The summed E-state index contributed by atoms with van der Waals surface area (Å²) < 4.78 is 46.8. The van der Waals surface area contributed by atoms with Crippen LogP contribution in [0.4, 0.5) is 13.2 Å². The summed E-state index contributed by atoms with van der Waals surface area (Å²) in [5.41, 5.74) is 3.02. The molecular weight excluding hydrogens is 413 g/mol. The maximum Gasteiger partial charge on any atom is 0.422 e. The van der Waals surface area contributed by atoms with Crippen LogP contribution in [0.1, 0.15) is 36.9 Å². The Morgan fingerprint density at radius 3 is 2.58 bits per heavy atom. The number of nitrogens with one attached hydrogen (secondary N) is 2. The van der Waals surface area contributed by atoms with Crippen molar-refractivity contribution >= 4 is 22.8 Å². The van der Waals surface area contributed by atoms with Crippen LogP contribution in [0.25, 0.3) is 10.9 Å². The molecule has 1 amide bonds. The van der Waals surface area contributed by atoms with Gasteiger partial charge in [0, 0.05) is 23.1 Å². The number of aromatic nitrogens is 1. The average Bonchev–Trinajstić information content (AvgIpc) is 3.05. The third kappa shape index (κ3) is 5.71. The number of alkyl halides is 3. The Balaban J connectivity index is 1.61. The van der Waals surface area contributed by atoms with Gasteiger partial charge in [0.2, 0.25) is 5.91 Å². The summed E-state index contributed by atoms with van der Waals surface area (Å²) in [6.07, 6.45) is -1.76. The first-order valence-electron chi connectivity index (χ1n) is 10.4. The molecular formula is C22H27F3N2O4. The lowest BCUT2D eigenvalue weighted by atomic mass is 9.78. The molecule has 0 bridgehead atoms. The van der Waals surface area contributed by atoms with E-state index < -0.39 is 30.6 Å². The number of ether oxygens (including phenoxy) is 2. The van der Waals surface area contributed by atoms with Gasteiger partial charge in [-0.1, -0.05) is 12.8 Å². The molecule has 0 spiro atoms. The van der Waals surface area contributed by atoms with Crippen LogP contribution in [0, 0.1) is 18.8 Å². The van der Waals surface area contributed by atoms with Gasteiger partial charge < -0.3 is 19.8 Å². The molecule has 2 aromatic rings. The van der Waals surface area contributed by atoms with Crippen LogP contribution < -0.4 is 10.1 Å². The molecule has 9 heteroatoms. The summed E-state index contributed by atoms with van der Waals surface area (Å²) >= 11 is 0. The van der Waals surface area contributed by atoms with E-state index in [-0.39, 0.29) is 5.91 Å². The maximum absolute atomic E-state index is 12.7. The van der Waals surface area contributed by atoms with Crippen molar-refractivity contribution in [2.45, 2.75) is 45.2 Å². The van der Waals surface area contributed by atoms with Crippen LogP contribution in [0.15, 0.2) is 18.2 Å². The lowest BCUT2D eigenvalue weighted by Crippen LogP contribution is -2.41. The van der Waals surface area contributed by atoms with Crippen molar-refractivity contribution < 1.29 is 32.2 Å². The molecule has 6 nitrogen and oxygen atoms in total. The van der Waals surface area contributed by atoms with Gasteiger partial charge in [-0.25, -0.2) is 0 Å². The monoisotopic (exact) mass is 440 g/mol. The van der Waals surface area contributed by atoms with E-state index in [2.05, 4.69) is 15.0 Å². The van der Waals surface area contributed by atoms with Gasteiger partial charge in [0.15, 0.2) is 6.61 Å². The molecule has 1 saturated carbocycles. The van der Waals surface area contributed by atoms with E-state index in [1.807, 2.05) is 25.1 Å². The second-order valence-electron chi connectivity index (χ2n) is 7.90. The average molecular weight is 440 g/mol. The summed E-state index contributed by atoms with van der Waals surface area (Å²) in [5, 5.41) is 3.87. The smallest absolute Gasteiger partial charge is 0.422 e. The van der Waals surface area contributed by atoms with Gasteiger partial charge in [-0.15, -0.1) is 0 Å². The largest absolute Gasteiger partial charge is 0.497 e. The number of H-pyrrole nitrogens is 1. The van der Waals surface area contributed by atoms with E-state index >= 15 is 0 Å². The first kappa shape index (κ1) is 23.0. The summed E-state index contributed by atoms with van der Waals surface area (Å²) in [6.45, 7) is 0.683. The number of rotatable bonds is 7. The van der Waals surface area contributed by atoms with Gasteiger partial charge in [0.05, 0.1) is 18.9 Å². The van der Waals surface area contributed by atoms with Gasteiger partial charge in [0.25, 0.3) is 0 Å². The van der Waals surface area contributed by atoms with Crippen LogP contribution in [0.2, 0.25) is 0 Å². The van der Waals surface area contributed by atoms with Gasteiger partial charge in [0.1, 0.15) is 5.75 Å². The SMILES string of the molecule is COc1ccc2[nH]c(C)c(CCNC(=O)[C@@H]3CCCC[C@H]3C(=O)OCC(F)(F)F)c2c1. The zero-order valence-electron chi connectivity index (χ0n) is 17.6. The summed E-state index contributed by atoms with van der Waals surface area (Å²) in [4.78, 5) is 28.2. The summed E-state index contributed by atoms with van der Waals surface area (Å²) in [6, 6.07) is 5.73. The Bertz CT molecular complexity index is 939. The van der Waals surface area contributed by atoms with E-state index in [1.54, 1.807) is 7.11 Å². The van der Waals surface area contributed by atoms with Crippen LogP contribution in [0.3, 0.4) is 0 Å². The number of hydrogen-bond donors (Lipinski definition) is 2. The number of amides is 1. The number of carbonyl (C=O) groups is 2. The third-order valence-corrected chi connectivity index (χ3v) is 5.78. The predicted molar refractivity (Wildman–Crippen MR) is 109 cm³/mol. The minimum absolute atomic E-state index is 0.316. The van der Waals surface area contributed by atoms with Crippen molar-refractivity contribution in [3.63, 3.8) is 0 Å². The number of hydrogen-bond acceptors (Lipinski definition) is 4. The molecule has 3 rings (SSSR count). The number of halogens is 3. The standard InChI is InChI=1S/C22H27F3N2O4/c1-13-15(18-11-14(30-2)7-8-19(18)27-13)9-10-26-20(28)16-5-3-4-6-17(16)21(29)31-12-22(23,24)25/h7-8,11,16-17,27H,3-6,9-10,12H2,1-2H3,(H,26,28)/t16-,17-/m1/s1. The quantitative estimate of drug-likeness (QED) is 0.637. The van der Waals surface area contributed by atoms with Crippen LogP contribution in [-0.2, 0) is 20.7 Å². The van der Waals surface area contributed by atoms with Crippen molar-refractivity contribution in [3.8, 4) is 5.75 Å². The molecule has 0 saturated heterocycles. The van der Waals surface area contributed by atoms with Crippen molar-refractivity contribution in [3.05, 3.63) is 29.5 Å². The number of aromatic amines is 1. The number of methoxy groups -OCH3 is 1. The van der Waals surface area contributed by atoms with Crippen LogP contribution >= 0.6 is 0 Å². The summed E-state index contributed by atoms with van der Waals surface area (Å²) in [5.74, 6) is -2.03. The Labute approximate surface area is 178 Å². The Kier molecular flexibility index (Phi) is 7.12. The number of aryl methyl sites for hydroxylation is 1. The molecule has 2 atom stereocenters. The maximum atomic E-state index is 12.7. The first-order valence-corrected chi connectivity index (χ1v) is 10.4. The molecule has 1 aromatic heterocycles. The number of carbonyl (C=O) groups excluding carboxylic acids is 2. The summed E-state index contributed by atoms with van der Waals surface area (Å²) in [7, 11) is 1.60. The predicted octanol–water partition coefficient (Wildman–Crippen LogP) is 4.06. The van der Waals surface area contributed by atoms with Crippen molar-refractivity contribution in [2.24, 2.45) is 11.8 Å². The number of benzene rings is 1. The van der Waals surface area contributed by atoms with Gasteiger partial charge in [-0.05, 0) is 49.9 Å². The second-order valence-corrected chi connectivity index (χ2v) is 7.90. The fourth-order valence-electron chi connectivity index (χ4n) is 4.24. The molecule has 1 aromatic carbocycles. The topological polar surface area (TPSA) is 80.4 Å². The molecule has 1 heterocycles. The lowest BCUT2D eigenvalue weighted by Gasteiger charge is -2.29. The van der Waals surface area contributed by atoms with Crippen molar-refractivity contribution in [1.82, 2.24) is 10.3 Å². The Morgan fingerprint density at radius 1 is 1.19 bits per heavy atom. The number of esters is 1. The van der Waals surface area contributed by atoms with E-state index in [0.717, 1.165) is 34.3 Å². The fraction of sp³-hybridized carbons (Fsp3) is 0.545. The Hall–Kier alpha value is -2.71. The zero-order valence-corrected chi connectivity index (χ0v) is 17.6. The van der Waals surface area contributed by atoms with E-state index in [4.69, 9.17) is 4.74 Å². The van der Waals surface area contributed by atoms with Gasteiger partial charge in [-0.3, -0.25) is 9.59 Å². The van der Waals surface area contributed by atoms with Gasteiger partial charge in [-0.2, -0.15) is 13.2 Å². The van der Waals surface area contributed by atoms with Crippen molar-refractivity contribution in [1.29, 1.82) is 0 Å². The highest BCUT2D eigenvalue weighted by atomic mass is 19.4. The zero-order chi connectivity index (χ0) is 22.6. The molecule has 1 aliphatic rings. The van der Waals surface area contributed by atoms with Crippen LogP contribution in [0.5, 0.6) is 5.75 Å². The lowest BCUT2D eigenvalue weighted by molar-refractivity contribution is -0.191. The minimum atomic E-state index is -4.58. The van der Waals surface area contributed by atoms with Crippen molar-refractivity contribution in [2.75, 3.05) is 20.3 Å². The molecule has 1 fully saturated rings. The molecule has 31 heavy (non-hydrogen) atoms. The highest BCUT2D eigenvalue weighted by Crippen LogP contribution is 2.32. The third-order valence-electron chi connectivity index (χ3n) is 5.78. The molecule has 170 valence electrons. The minimum Gasteiger partial charge on any atom is -0.497 e. The number of fused-ring (bicyclic) bond motifs is 1. The normalized spacial score (nSPS) is 19.3. The molecule has 2 N–H and O–H groups in total.